The van der Waals surface area contributed by atoms with E-state index in [1.165, 1.54) is 11.1 Å². The van der Waals surface area contributed by atoms with Crippen molar-refractivity contribution in [3.8, 4) is 12.3 Å². The molecular weight excluding hydrogens is 196 g/mol. The van der Waals surface area contributed by atoms with Crippen LogP contribution >= 0.6 is 0 Å². The van der Waals surface area contributed by atoms with Gasteiger partial charge in [0.25, 0.3) is 0 Å². The molecule has 0 aromatic heterocycles. The minimum absolute atomic E-state index is 0.256. The minimum Gasteiger partial charge on any atom is -0.377 e. The number of benzene rings is 1. The largest absolute Gasteiger partial charge is 0.377 e. The normalized spacial score (nSPS) is 36.2. The maximum absolute atomic E-state index is 10.6. The SMILES string of the molecule is C#CC1(O)C2CCC1Cc1ccccc1C2. The molecule has 0 heterocycles. The molecule has 0 amide bonds. The Morgan fingerprint density at radius 3 is 2.06 bits per heavy atom. The molecule has 1 fully saturated rings. The molecule has 0 radical (unpaired) electrons. The number of rotatable bonds is 0. The van der Waals surface area contributed by atoms with E-state index >= 15 is 0 Å². The highest BCUT2D eigenvalue weighted by Gasteiger charge is 2.49. The van der Waals surface area contributed by atoms with E-state index in [9.17, 15) is 5.11 Å². The van der Waals surface area contributed by atoms with E-state index in [-0.39, 0.29) is 11.8 Å². The van der Waals surface area contributed by atoms with Gasteiger partial charge in [0.15, 0.2) is 0 Å². The molecule has 2 aliphatic carbocycles. The first-order valence-corrected chi connectivity index (χ1v) is 6.01. The fourth-order valence-electron chi connectivity index (χ4n) is 3.41. The Hall–Kier alpha value is -1.26. The van der Waals surface area contributed by atoms with Crippen LogP contribution in [-0.2, 0) is 12.8 Å². The van der Waals surface area contributed by atoms with E-state index in [0.717, 1.165) is 25.7 Å². The van der Waals surface area contributed by atoms with Gasteiger partial charge in [-0.1, -0.05) is 30.2 Å². The maximum atomic E-state index is 10.6. The highest BCUT2D eigenvalue weighted by molar-refractivity contribution is 5.34. The summed E-state index contributed by atoms with van der Waals surface area (Å²) >= 11 is 0. The third kappa shape index (κ3) is 1.23. The van der Waals surface area contributed by atoms with Crippen LogP contribution in [0.25, 0.3) is 0 Å². The minimum atomic E-state index is -0.862. The molecule has 3 rings (SSSR count). The molecule has 0 aliphatic heterocycles. The van der Waals surface area contributed by atoms with Crippen LogP contribution in [0.5, 0.6) is 0 Å². The van der Waals surface area contributed by atoms with Crippen molar-refractivity contribution in [3.63, 3.8) is 0 Å². The van der Waals surface area contributed by atoms with Crippen LogP contribution in [0.1, 0.15) is 24.0 Å². The molecule has 2 atom stereocenters. The average molecular weight is 212 g/mol. The summed E-state index contributed by atoms with van der Waals surface area (Å²) in [6, 6.07) is 8.50. The standard InChI is InChI=1S/C15H16O/c1-2-15(16)13-7-8-14(15)10-12-6-4-3-5-11(12)9-13/h1,3-6,13-14,16H,7-10H2. The van der Waals surface area contributed by atoms with Crippen LogP contribution in [-0.4, -0.2) is 10.7 Å². The molecule has 2 aliphatic rings. The van der Waals surface area contributed by atoms with Crippen molar-refractivity contribution >= 4 is 0 Å². The van der Waals surface area contributed by atoms with Crippen molar-refractivity contribution in [3.05, 3.63) is 35.4 Å². The van der Waals surface area contributed by atoms with Crippen molar-refractivity contribution in [1.29, 1.82) is 0 Å². The molecule has 16 heavy (non-hydrogen) atoms. The van der Waals surface area contributed by atoms with Gasteiger partial charge >= 0.3 is 0 Å². The van der Waals surface area contributed by atoms with E-state index in [2.05, 4.69) is 30.2 Å². The Balaban J connectivity index is 2.07. The molecule has 0 spiro atoms. The van der Waals surface area contributed by atoms with Crippen molar-refractivity contribution in [2.24, 2.45) is 11.8 Å². The Bertz CT molecular complexity index is 422. The first-order chi connectivity index (χ1) is 7.74. The Morgan fingerprint density at radius 2 is 1.62 bits per heavy atom. The molecule has 2 bridgehead atoms. The second-order valence-corrected chi connectivity index (χ2v) is 5.12. The summed E-state index contributed by atoms with van der Waals surface area (Å²) in [5.41, 5.74) is 1.89. The third-order valence-electron chi connectivity index (χ3n) is 4.39. The molecule has 2 unspecified atom stereocenters. The molecule has 82 valence electrons. The Labute approximate surface area is 96.5 Å². The summed E-state index contributed by atoms with van der Waals surface area (Å²) in [6.45, 7) is 0. The maximum Gasteiger partial charge on any atom is 0.131 e. The molecule has 1 heteroatoms. The lowest BCUT2D eigenvalue weighted by atomic mass is 9.83. The lowest BCUT2D eigenvalue weighted by Gasteiger charge is -2.27. The van der Waals surface area contributed by atoms with E-state index < -0.39 is 5.60 Å². The van der Waals surface area contributed by atoms with Gasteiger partial charge in [0, 0.05) is 11.8 Å². The van der Waals surface area contributed by atoms with Crippen molar-refractivity contribution < 1.29 is 5.11 Å². The zero-order valence-electron chi connectivity index (χ0n) is 9.32. The van der Waals surface area contributed by atoms with Gasteiger partial charge < -0.3 is 5.11 Å². The molecule has 1 N–H and O–H groups in total. The summed E-state index contributed by atoms with van der Waals surface area (Å²) in [4.78, 5) is 0. The molecule has 0 saturated heterocycles. The van der Waals surface area contributed by atoms with Crippen LogP contribution in [0.15, 0.2) is 24.3 Å². The fraction of sp³-hybridized carbons (Fsp3) is 0.467. The first-order valence-electron chi connectivity index (χ1n) is 6.01. The number of hydrogen-bond acceptors (Lipinski definition) is 1. The number of aliphatic hydroxyl groups is 1. The van der Waals surface area contributed by atoms with Gasteiger partial charge in [-0.2, -0.15) is 0 Å². The predicted molar refractivity (Wildman–Crippen MR) is 63.8 cm³/mol. The van der Waals surface area contributed by atoms with Crippen LogP contribution in [0.2, 0.25) is 0 Å². The zero-order valence-corrected chi connectivity index (χ0v) is 9.32. The van der Waals surface area contributed by atoms with E-state index in [4.69, 9.17) is 6.42 Å². The van der Waals surface area contributed by atoms with Crippen LogP contribution in [0, 0.1) is 24.2 Å². The van der Waals surface area contributed by atoms with Crippen molar-refractivity contribution in [2.45, 2.75) is 31.3 Å². The second-order valence-electron chi connectivity index (χ2n) is 5.12. The molecule has 1 nitrogen and oxygen atoms in total. The number of hydrogen-bond donors (Lipinski definition) is 1. The molecular formula is C15H16O. The average Bonchev–Trinajstić information content (AvgIpc) is 2.52. The van der Waals surface area contributed by atoms with Crippen LogP contribution in [0.3, 0.4) is 0 Å². The summed E-state index contributed by atoms with van der Waals surface area (Å²) < 4.78 is 0. The van der Waals surface area contributed by atoms with Crippen molar-refractivity contribution in [1.82, 2.24) is 0 Å². The topological polar surface area (TPSA) is 20.2 Å². The Morgan fingerprint density at radius 1 is 1.12 bits per heavy atom. The van der Waals surface area contributed by atoms with Gasteiger partial charge in [-0.15, -0.1) is 6.42 Å². The van der Waals surface area contributed by atoms with Gasteiger partial charge in [-0.05, 0) is 36.8 Å². The van der Waals surface area contributed by atoms with E-state index in [1.807, 2.05) is 0 Å². The number of terminal acetylenes is 1. The van der Waals surface area contributed by atoms with Gasteiger partial charge in [-0.25, -0.2) is 0 Å². The predicted octanol–water partition coefficient (Wildman–Crippen LogP) is 2.18. The van der Waals surface area contributed by atoms with Gasteiger partial charge in [-0.3, -0.25) is 0 Å². The lowest BCUT2D eigenvalue weighted by Crippen LogP contribution is -2.38. The lowest BCUT2D eigenvalue weighted by molar-refractivity contribution is 0.0237. The highest BCUT2D eigenvalue weighted by Crippen LogP contribution is 2.46. The van der Waals surface area contributed by atoms with Crippen LogP contribution in [0.4, 0.5) is 0 Å². The van der Waals surface area contributed by atoms with Crippen LogP contribution < -0.4 is 0 Å². The fourth-order valence-corrected chi connectivity index (χ4v) is 3.41. The smallest absolute Gasteiger partial charge is 0.131 e. The quantitative estimate of drug-likeness (QED) is 0.653. The summed E-state index contributed by atoms with van der Waals surface area (Å²) in [6.07, 6.45) is 9.58. The van der Waals surface area contributed by atoms with Gasteiger partial charge in [0.1, 0.15) is 5.60 Å². The monoisotopic (exact) mass is 212 g/mol. The Kier molecular flexibility index (Phi) is 2.09. The van der Waals surface area contributed by atoms with E-state index in [0.29, 0.717) is 0 Å². The molecule has 1 aromatic rings. The van der Waals surface area contributed by atoms with Gasteiger partial charge in [0.2, 0.25) is 0 Å². The highest BCUT2D eigenvalue weighted by atomic mass is 16.3. The summed E-state index contributed by atoms with van der Waals surface area (Å²) in [5, 5.41) is 10.6. The van der Waals surface area contributed by atoms with E-state index in [1.54, 1.807) is 0 Å². The zero-order chi connectivity index (χ0) is 11.2. The second kappa shape index (κ2) is 3.37. The summed E-state index contributed by atoms with van der Waals surface area (Å²) in [5.74, 6) is 3.18. The number of fused-ring (bicyclic) bond motifs is 3. The third-order valence-corrected chi connectivity index (χ3v) is 4.39. The first kappa shape index (κ1) is 9.93. The summed E-state index contributed by atoms with van der Waals surface area (Å²) in [7, 11) is 0. The van der Waals surface area contributed by atoms with Crippen molar-refractivity contribution in [2.75, 3.05) is 0 Å². The van der Waals surface area contributed by atoms with Gasteiger partial charge in [0.05, 0.1) is 0 Å². The molecule has 1 saturated carbocycles. The molecule has 1 aromatic carbocycles.